The number of Topliss-reactive ketones (excluding diaryl/α,β-unsaturated/α-hetero) is 1. The zero-order valence-electron chi connectivity index (χ0n) is 10.7. The minimum Gasteiger partial charge on any atom is -0.356 e. The summed E-state index contributed by atoms with van der Waals surface area (Å²) in [4.78, 5) is 23.2. The van der Waals surface area contributed by atoms with Crippen LogP contribution in [-0.4, -0.2) is 24.8 Å². The maximum absolute atomic E-state index is 11.7. The summed E-state index contributed by atoms with van der Waals surface area (Å²) in [5.41, 5.74) is 6.10. The molecular formula is C14H20N2O2. The molecule has 3 N–H and O–H groups in total. The van der Waals surface area contributed by atoms with Gasteiger partial charge in [0.05, 0.1) is 0 Å². The number of carbonyl (C=O) groups is 2. The molecule has 1 atom stereocenters. The highest BCUT2D eigenvalue weighted by atomic mass is 16.2. The number of benzene rings is 1. The monoisotopic (exact) mass is 248 g/mol. The summed E-state index contributed by atoms with van der Waals surface area (Å²) >= 11 is 0. The second-order valence-electron chi connectivity index (χ2n) is 4.43. The Balaban J connectivity index is 2.28. The lowest BCUT2D eigenvalue weighted by Gasteiger charge is -2.09. The van der Waals surface area contributed by atoms with Crippen molar-refractivity contribution in [3.05, 3.63) is 35.9 Å². The topological polar surface area (TPSA) is 72.2 Å². The van der Waals surface area contributed by atoms with Crippen LogP contribution in [0.4, 0.5) is 0 Å². The van der Waals surface area contributed by atoms with Gasteiger partial charge in [0.1, 0.15) is 0 Å². The van der Waals surface area contributed by atoms with Gasteiger partial charge < -0.3 is 11.1 Å². The van der Waals surface area contributed by atoms with E-state index in [1.165, 1.54) is 0 Å². The van der Waals surface area contributed by atoms with E-state index < -0.39 is 0 Å². The first-order chi connectivity index (χ1) is 8.63. The van der Waals surface area contributed by atoms with E-state index in [-0.39, 0.29) is 30.4 Å². The fourth-order valence-corrected chi connectivity index (χ4v) is 1.46. The Hall–Kier alpha value is -1.68. The second kappa shape index (κ2) is 7.61. The van der Waals surface area contributed by atoms with Crippen molar-refractivity contribution in [1.82, 2.24) is 5.32 Å². The van der Waals surface area contributed by atoms with E-state index in [0.29, 0.717) is 18.7 Å². The van der Waals surface area contributed by atoms with Crippen LogP contribution in [-0.2, 0) is 4.79 Å². The van der Waals surface area contributed by atoms with Crippen molar-refractivity contribution in [1.29, 1.82) is 0 Å². The third-order valence-electron chi connectivity index (χ3n) is 2.72. The van der Waals surface area contributed by atoms with Crippen molar-refractivity contribution >= 4 is 11.7 Å². The molecule has 1 aromatic carbocycles. The van der Waals surface area contributed by atoms with E-state index in [0.717, 1.165) is 0 Å². The largest absolute Gasteiger partial charge is 0.356 e. The summed E-state index contributed by atoms with van der Waals surface area (Å²) in [6.45, 7) is 3.08. The van der Waals surface area contributed by atoms with Gasteiger partial charge in [-0.2, -0.15) is 0 Å². The summed E-state index contributed by atoms with van der Waals surface area (Å²) in [6, 6.07) is 9.01. The number of nitrogens with two attached hydrogens (primary N) is 1. The first-order valence-corrected chi connectivity index (χ1v) is 6.18. The minimum absolute atomic E-state index is 0.00220. The summed E-state index contributed by atoms with van der Waals surface area (Å²) < 4.78 is 0. The van der Waals surface area contributed by atoms with Gasteiger partial charge in [-0.25, -0.2) is 0 Å². The van der Waals surface area contributed by atoms with Gasteiger partial charge in [0, 0.05) is 24.9 Å². The quantitative estimate of drug-likeness (QED) is 0.716. The molecule has 98 valence electrons. The molecule has 1 amide bonds. The Morgan fingerprint density at radius 3 is 2.50 bits per heavy atom. The highest BCUT2D eigenvalue weighted by molar-refractivity contribution is 5.97. The van der Waals surface area contributed by atoms with E-state index in [4.69, 9.17) is 5.73 Å². The average molecular weight is 248 g/mol. The zero-order chi connectivity index (χ0) is 13.4. The Labute approximate surface area is 108 Å². The van der Waals surface area contributed by atoms with Crippen LogP contribution in [0.2, 0.25) is 0 Å². The Morgan fingerprint density at radius 2 is 1.89 bits per heavy atom. The molecule has 18 heavy (non-hydrogen) atoms. The second-order valence-corrected chi connectivity index (χ2v) is 4.43. The lowest BCUT2D eigenvalue weighted by molar-refractivity contribution is -0.121. The summed E-state index contributed by atoms with van der Waals surface area (Å²) in [5.74, 6) is 0.163. The SMILES string of the molecule is CC(CN)CNC(=O)CCC(=O)c1ccccc1. The van der Waals surface area contributed by atoms with E-state index in [1.807, 2.05) is 25.1 Å². The maximum atomic E-state index is 11.7. The fourth-order valence-electron chi connectivity index (χ4n) is 1.46. The fraction of sp³-hybridized carbons (Fsp3) is 0.429. The van der Waals surface area contributed by atoms with Crippen molar-refractivity contribution < 1.29 is 9.59 Å². The van der Waals surface area contributed by atoms with Crippen molar-refractivity contribution in [2.45, 2.75) is 19.8 Å². The summed E-state index contributed by atoms with van der Waals surface area (Å²) in [6.07, 6.45) is 0.470. The summed E-state index contributed by atoms with van der Waals surface area (Å²) in [5, 5.41) is 2.77. The van der Waals surface area contributed by atoms with Gasteiger partial charge in [0.25, 0.3) is 0 Å². The molecule has 0 aliphatic heterocycles. The number of amides is 1. The van der Waals surface area contributed by atoms with Crippen LogP contribution in [0.15, 0.2) is 30.3 Å². The molecule has 1 unspecified atom stereocenters. The van der Waals surface area contributed by atoms with Crippen LogP contribution in [0, 0.1) is 5.92 Å². The van der Waals surface area contributed by atoms with Gasteiger partial charge in [-0.1, -0.05) is 37.3 Å². The molecule has 0 aromatic heterocycles. The molecule has 0 bridgehead atoms. The van der Waals surface area contributed by atoms with Gasteiger partial charge in [-0.3, -0.25) is 9.59 Å². The lowest BCUT2D eigenvalue weighted by atomic mass is 10.1. The molecule has 0 fully saturated rings. The standard InChI is InChI=1S/C14H20N2O2/c1-11(9-15)10-16-14(18)8-7-13(17)12-5-3-2-4-6-12/h2-6,11H,7-10,15H2,1H3,(H,16,18). The highest BCUT2D eigenvalue weighted by Crippen LogP contribution is 2.04. The molecule has 0 radical (unpaired) electrons. The predicted molar refractivity (Wildman–Crippen MR) is 71.2 cm³/mol. The van der Waals surface area contributed by atoms with Crippen LogP contribution in [0.25, 0.3) is 0 Å². The molecule has 0 spiro atoms. The molecule has 0 aliphatic rings. The van der Waals surface area contributed by atoms with Crippen molar-refractivity contribution in [2.24, 2.45) is 11.7 Å². The molecule has 0 heterocycles. The van der Waals surface area contributed by atoms with Gasteiger partial charge in [0.15, 0.2) is 5.78 Å². The van der Waals surface area contributed by atoms with Crippen molar-refractivity contribution in [3.8, 4) is 0 Å². The molecule has 1 rings (SSSR count). The van der Waals surface area contributed by atoms with Gasteiger partial charge in [-0.05, 0) is 12.5 Å². The van der Waals surface area contributed by atoms with Crippen LogP contribution >= 0.6 is 0 Å². The number of carbonyl (C=O) groups excluding carboxylic acids is 2. The molecule has 4 heteroatoms. The predicted octanol–water partition coefficient (Wildman–Crippen LogP) is 1.36. The van der Waals surface area contributed by atoms with Crippen molar-refractivity contribution in [3.63, 3.8) is 0 Å². The number of rotatable bonds is 7. The number of nitrogens with one attached hydrogen (secondary N) is 1. The average Bonchev–Trinajstić information content (AvgIpc) is 2.42. The van der Waals surface area contributed by atoms with Crippen LogP contribution in [0.3, 0.4) is 0 Å². The molecule has 0 aliphatic carbocycles. The Bertz CT molecular complexity index is 390. The summed E-state index contributed by atoms with van der Waals surface area (Å²) in [7, 11) is 0. The highest BCUT2D eigenvalue weighted by Gasteiger charge is 2.09. The van der Waals surface area contributed by atoms with E-state index in [9.17, 15) is 9.59 Å². The Morgan fingerprint density at radius 1 is 1.22 bits per heavy atom. The maximum Gasteiger partial charge on any atom is 0.220 e. The molecular weight excluding hydrogens is 228 g/mol. The molecule has 0 saturated carbocycles. The van der Waals surface area contributed by atoms with E-state index >= 15 is 0 Å². The van der Waals surface area contributed by atoms with Crippen LogP contribution < -0.4 is 11.1 Å². The number of hydrogen-bond donors (Lipinski definition) is 2. The number of ketones is 1. The van der Waals surface area contributed by atoms with E-state index in [1.54, 1.807) is 12.1 Å². The van der Waals surface area contributed by atoms with Crippen LogP contribution in [0.5, 0.6) is 0 Å². The smallest absolute Gasteiger partial charge is 0.220 e. The minimum atomic E-state index is -0.0976. The van der Waals surface area contributed by atoms with Gasteiger partial charge in [-0.15, -0.1) is 0 Å². The van der Waals surface area contributed by atoms with Crippen molar-refractivity contribution in [2.75, 3.05) is 13.1 Å². The zero-order valence-corrected chi connectivity index (χ0v) is 10.7. The lowest BCUT2D eigenvalue weighted by Crippen LogP contribution is -2.31. The molecule has 0 saturated heterocycles. The third-order valence-corrected chi connectivity index (χ3v) is 2.72. The van der Waals surface area contributed by atoms with Gasteiger partial charge in [0.2, 0.25) is 5.91 Å². The normalized spacial score (nSPS) is 11.9. The molecule has 4 nitrogen and oxygen atoms in total. The number of hydrogen-bond acceptors (Lipinski definition) is 3. The van der Waals surface area contributed by atoms with Crippen LogP contribution in [0.1, 0.15) is 30.1 Å². The Kier molecular flexibility index (Phi) is 6.08. The third kappa shape index (κ3) is 5.10. The van der Waals surface area contributed by atoms with Gasteiger partial charge >= 0.3 is 0 Å². The first-order valence-electron chi connectivity index (χ1n) is 6.18. The molecule has 1 aromatic rings. The first kappa shape index (κ1) is 14.4. The van der Waals surface area contributed by atoms with E-state index in [2.05, 4.69) is 5.32 Å².